The zero-order chi connectivity index (χ0) is 14.2. The lowest BCUT2D eigenvalue weighted by Crippen LogP contribution is -2.36. The highest BCUT2D eigenvalue weighted by Gasteiger charge is 2.28. The van der Waals surface area contributed by atoms with Gasteiger partial charge in [-0.15, -0.1) is 0 Å². The maximum Gasteiger partial charge on any atom is 0.130 e. The van der Waals surface area contributed by atoms with Crippen LogP contribution in [0.15, 0.2) is 22.7 Å². The van der Waals surface area contributed by atoms with Gasteiger partial charge >= 0.3 is 0 Å². The van der Waals surface area contributed by atoms with Crippen molar-refractivity contribution >= 4 is 27.0 Å². The van der Waals surface area contributed by atoms with E-state index in [1.165, 1.54) is 0 Å². The Morgan fingerprint density at radius 1 is 1.42 bits per heavy atom. The molecule has 1 aromatic heterocycles. The third-order valence-electron chi connectivity index (χ3n) is 3.45. The summed E-state index contributed by atoms with van der Waals surface area (Å²) in [6.07, 6.45) is 1.99. The van der Waals surface area contributed by atoms with E-state index < -0.39 is 0 Å². The van der Waals surface area contributed by atoms with E-state index in [9.17, 15) is 0 Å². The quantitative estimate of drug-likeness (QED) is 0.908. The van der Waals surface area contributed by atoms with Crippen LogP contribution >= 0.6 is 15.9 Å². The normalized spacial score (nSPS) is 15.1. The number of aromatic nitrogens is 2. The summed E-state index contributed by atoms with van der Waals surface area (Å²) in [4.78, 5) is 4.79. The summed E-state index contributed by atoms with van der Waals surface area (Å²) in [7, 11) is 0. The van der Waals surface area contributed by atoms with Crippen molar-refractivity contribution in [3.63, 3.8) is 0 Å². The van der Waals surface area contributed by atoms with Crippen molar-refractivity contribution in [2.24, 2.45) is 5.73 Å². The topological polar surface area (TPSA) is 43.8 Å². The molecule has 1 heterocycles. The van der Waals surface area contributed by atoms with Crippen LogP contribution in [-0.2, 0) is 5.54 Å². The van der Waals surface area contributed by atoms with E-state index in [0.717, 1.165) is 34.2 Å². The Balaban J connectivity index is 2.69. The first-order chi connectivity index (χ1) is 8.86. The Labute approximate surface area is 123 Å². The van der Waals surface area contributed by atoms with Gasteiger partial charge in [-0.3, -0.25) is 0 Å². The molecule has 0 fully saturated rings. The molecule has 0 aliphatic heterocycles. The fraction of sp³-hybridized carbons (Fsp3) is 0.533. The van der Waals surface area contributed by atoms with Crippen molar-refractivity contribution in [1.29, 1.82) is 0 Å². The van der Waals surface area contributed by atoms with E-state index >= 15 is 0 Å². The summed E-state index contributed by atoms with van der Waals surface area (Å²) >= 11 is 3.50. The lowest BCUT2D eigenvalue weighted by molar-refractivity contribution is 0.390. The summed E-state index contributed by atoms with van der Waals surface area (Å²) in [5.74, 6) is 0.984. The molecule has 2 aromatic rings. The van der Waals surface area contributed by atoms with Gasteiger partial charge in [-0.1, -0.05) is 29.3 Å². The predicted octanol–water partition coefficient (Wildman–Crippen LogP) is 4.35. The second-order valence-corrected chi connectivity index (χ2v) is 6.62. The van der Waals surface area contributed by atoms with Gasteiger partial charge in [0, 0.05) is 10.5 Å². The highest BCUT2D eigenvalue weighted by Crippen LogP contribution is 2.30. The molecule has 1 aromatic carbocycles. The second-order valence-electron chi connectivity index (χ2n) is 5.70. The number of nitrogens with two attached hydrogens (primary N) is 1. The molecule has 0 amide bonds. The van der Waals surface area contributed by atoms with E-state index in [2.05, 4.69) is 66.4 Å². The molecule has 2 N–H and O–H groups in total. The smallest absolute Gasteiger partial charge is 0.130 e. The van der Waals surface area contributed by atoms with E-state index in [4.69, 9.17) is 10.7 Å². The zero-order valence-electron chi connectivity index (χ0n) is 12.1. The molecule has 0 bridgehead atoms. The van der Waals surface area contributed by atoms with E-state index in [-0.39, 0.29) is 5.54 Å². The number of rotatable bonds is 4. The third kappa shape index (κ3) is 2.70. The summed E-state index contributed by atoms with van der Waals surface area (Å²) in [5.41, 5.74) is 8.27. The van der Waals surface area contributed by atoms with Gasteiger partial charge in [0.25, 0.3) is 0 Å². The molecular weight excluding hydrogens is 302 g/mol. The number of nitrogens with zero attached hydrogens (tertiary/aromatic N) is 2. The molecule has 0 spiro atoms. The minimum atomic E-state index is -0.384. The lowest BCUT2D eigenvalue weighted by atomic mass is 9.96. The maximum absolute atomic E-state index is 6.49. The predicted molar refractivity (Wildman–Crippen MR) is 84.3 cm³/mol. The molecule has 2 rings (SSSR count). The third-order valence-corrected chi connectivity index (χ3v) is 3.94. The SMILES string of the molecule is CCCC(C)(N)c1nc2cc(Br)ccc2n1C(C)C. The number of benzene rings is 1. The number of hydrogen-bond donors (Lipinski definition) is 1. The van der Waals surface area contributed by atoms with E-state index in [1.807, 2.05) is 0 Å². The summed E-state index contributed by atoms with van der Waals surface area (Å²) in [6, 6.07) is 6.57. The van der Waals surface area contributed by atoms with Crippen molar-refractivity contribution in [1.82, 2.24) is 9.55 Å². The van der Waals surface area contributed by atoms with Gasteiger partial charge in [-0.25, -0.2) is 4.98 Å². The second kappa shape index (κ2) is 5.25. The van der Waals surface area contributed by atoms with Crippen LogP contribution in [0.25, 0.3) is 11.0 Å². The first-order valence-electron chi connectivity index (χ1n) is 6.83. The van der Waals surface area contributed by atoms with E-state index in [0.29, 0.717) is 6.04 Å². The van der Waals surface area contributed by atoms with Crippen molar-refractivity contribution < 1.29 is 0 Å². The van der Waals surface area contributed by atoms with Gasteiger partial charge in [-0.2, -0.15) is 0 Å². The molecule has 1 atom stereocenters. The summed E-state index contributed by atoms with van der Waals surface area (Å²) < 4.78 is 3.31. The minimum Gasteiger partial charge on any atom is -0.324 e. The van der Waals surface area contributed by atoms with Gasteiger partial charge in [0.2, 0.25) is 0 Å². The fourth-order valence-corrected chi connectivity index (χ4v) is 2.98. The lowest BCUT2D eigenvalue weighted by Gasteiger charge is -2.26. The van der Waals surface area contributed by atoms with Crippen molar-refractivity contribution in [3.8, 4) is 0 Å². The molecule has 104 valence electrons. The Morgan fingerprint density at radius 2 is 2.11 bits per heavy atom. The molecule has 3 nitrogen and oxygen atoms in total. The van der Waals surface area contributed by atoms with Crippen LogP contribution in [0.4, 0.5) is 0 Å². The highest BCUT2D eigenvalue weighted by atomic mass is 79.9. The average Bonchev–Trinajstić information content (AvgIpc) is 2.67. The standard InChI is InChI=1S/C15H22BrN3/c1-5-8-15(4,17)14-18-12-9-11(16)6-7-13(12)19(14)10(2)3/h6-7,9-10H,5,8,17H2,1-4H3. The number of imidazole rings is 1. The van der Waals surface area contributed by atoms with Crippen LogP contribution < -0.4 is 5.73 Å². The summed E-state index contributed by atoms with van der Waals surface area (Å²) in [5, 5.41) is 0. The molecule has 0 saturated carbocycles. The minimum absolute atomic E-state index is 0.348. The number of fused-ring (bicyclic) bond motifs is 1. The zero-order valence-corrected chi connectivity index (χ0v) is 13.7. The summed E-state index contributed by atoms with van der Waals surface area (Å²) in [6.45, 7) is 8.58. The first-order valence-corrected chi connectivity index (χ1v) is 7.63. The number of halogens is 1. The molecule has 4 heteroatoms. The maximum atomic E-state index is 6.49. The van der Waals surface area contributed by atoms with Gasteiger partial charge in [0.05, 0.1) is 16.6 Å². The Bertz CT molecular complexity index is 584. The highest BCUT2D eigenvalue weighted by molar-refractivity contribution is 9.10. The van der Waals surface area contributed by atoms with Crippen LogP contribution in [0.2, 0.25) is 0 Å². The molecule has 0 saturated heterocycles. The molecule has 19 heavy (non-hydrogen) atoms. The molecule has 1 unspecified atom stereocenters. The van der Waals surface area contributed by atoms with Gasteiger partial charge in [0.15, 0.2) is 0 Å². The molecule has 0 aliphatic rings. The van der Waals surface area contributed by atoms with Crippen LogP contribution in [0.3, 0.4) is 0 Å². The van der Waals surface area contributed by atoms with Crippen molar-refractivity contribution in [2.45, 2.75) is 52.1 Å². The van der Waals surface area contributed by atoms with Gasteiger partial charge in [-0.05, 0) is 45.4 Å². The van der Waals surface area contributed by atoms with Crippen molar-refractivity contribution in [2.75, 3.05) is 0 Å². The first kappa shape index (κ1) is 14.5. The fourth-order valence-electron chi connectivity index (χ4n) is 2.63. The van der Waals surface area contributed by atoms with Crippen LogP contribution in [0.1, 0.15) is 52.4 Å². The van der Waals surface area contributed by atoms with Gasteiger partial charge < -0.3 is 10.3 Å². The van der Waals surface area contributed by atoms with Crippen LogP contribution in [0.5, 0.6) is 0 Å². The Hall–Kier alpha value is -0.870. The monoisotopic (exact) mass is 323 g/mol. The van der Waals surface area contributed by atoms with Crippen LogP contribution in [0, 0.1) is 0 Å². The van der Waals surface area contributed by atoms with Gasteiger partial charge in [0.1, 0.15) is 5.82 Å². The molecule has 0 aliphatic carbocycles. The Kier molecular flexibility index (Phi) is 4.02. The molecular formula is C15H22BrN3. The Morgan fingerprint density at radius 3 is 2.68 bits per heavy atom. The largest absolute Gasteiger partial charge is 0.324 e. The van der Waals surface area contributed by atoms with E-state index in [1.54, 1.807) is 0 Å². The van der Waals surface area contributed by atoms with Crippen LogP contribution in [-0.4, -0.2) is 9.55 Å². The average molecular weight is 324 g/mol. The number of hydrogen-bond acceptors (Lipinski definition) is 2. The molecule has 0 radical (unpaired) electrons. The van der Waals surface area contributed by atoms with Crippen molar-refractivity contribution in [3.05, 3.63) is 28.5 Å².